The molecule has 0 aliphatic heterocycles. The van der Waals surface area contributed by atoms with Gasteiger partial charge < -0.3 is 0 Å². The summed E-state index contributed by atoms with van der Waals surface area (Å²) in [5.74, 6) is 0.176. The topological polar surface area (TPSA) is 59.9 Å². The van der Waals surface area contributed by atoms with Gasteiger partial charge in [0.2, 0.25) is 0 Å². The van der Waals surface area contributed by atoms with Crippen LogP contribution in [0.15, 0.2) is 4.99 Å². The molecule has 0 aliphatic rings. The zero-order valence-electron chi connectivity index (χ0n) is 14.1. The second-order valence-corrected chi connectivity index (χ2v) is 5.89. The smallest absolute Gasteiger partial charge is 0.0655 e. The molecule has 0 spiro atoms. The van der Waals surface area contributed by atoms with Crippen molar-refractivity contribution in [3.63, 3.8) is 0 Å². The summed E-state index contributed by atoms with van der Waals surface area (Å²) in [6, 6.07) is 4.61. The molecular formula is C18H31N3. The summed E-state index contributed by atoms with van der Waals surface area (Å²) >= 11 is 0. The van der Waals surface area contributed by atoms with Gasteiger partial charge in [0.15, 0.2) is 0 Å². The second kappa shape index (κ2) is 12.4. The number of aliphatic imine (C=N–C) groups is 1. The van der Waals surface area contributed by atoms with Gasteiger partial charge in [-0.05, 0) is 38.5 Å². The Labute approximate surface area is 131 Å². The quantitative estimate of drug-likeness (QED) is 0.362. The summed E-state index contributed by atoms with van der Waals surface area (Å²) in [4.78, 5) is 4.62. The first-order valence-electron chi connectivity index (χ1n) is 8.45. The van der Waals surface area contributed by atoms with Crippen molar-refractivity contribution < 1.29 is 0 Å². The lowest BCUT2D eigenvalue weighted by molar-refractivity contribution is 0.343. The van der Waals surface area contributed by atoms with Crippen molar-refractivity contribution in [2.45, 2.75) is 78.6 Å². The van der Waals surface area contributed by atoms with Gasteiger partial charge in [-0.3, -0.25) is 4.99 Å². The predicted octanol–water partition coefficient (Wildman–Crippen LogP) is 5.28. The van der Waals surface area contributed by atoms with Gasteiger partial charge in [-0.25, -0.2) is 0 Å². The summed E-state index contributed by atoms with van der Waals surface area (Å²) in [6.07, 6.45) is 11.0. The number of hydrogen-bond donors (Lipinski definition) is 0. The van der Waals surface area contributed by atoms with Crippen molar-refractivity contribution in [1.82, 2.24) is 0 Å². The van der Waals surface area contributed by atoms with E-state index in [-0.39, 0.29) is 11.3 Å². The predicted molar refractivity (Wildman–Crippen MR) is 89.1 cm³/mol. The number of unbranched alkanes of at least 4 members (excludes halogenated alkanes) is 1. The van der Waals surface area contributed by atoms with E-state index in [1.165, 1.54) is 12.8 Å². The lowest BCUT2D eigenvalue weighted by atomic mass is 9.77. The minimum Gasteiger partial charge on any atom is -0.297 e. The molecule has 2 atom stereocenters. The van der Waals surface area contributed by atoms with Crippen molar-refractivity contribution in [1.29, 1.82) is 10.5 Å². The van der Waals surface area contributed by atoms with E-state index in [1.807, 2.05) is 0 Å². The second-order valence-electron chi connectivity index (χ2n) is 5.89. The number of rotatable bonds is 12. The van der Waals surface area contributed by atoms with Gasteiger partial charge in [0.25, 0.3) is 0 Å². The van der Waals surface area contributed by atoms with Crippen LogP contribution in [0.4, 0.5) is 0 Å². The Bertz CT molecular complexity index is 362. The minimum atomic E-state index is 0.102. The van der Waals surface area contributed by atoms with Gasteiger partial charge in [-0.15, -0.1) is 0 Å². The summed E-state index contributed by atoms with van der Waals surface area (Å²) < 4.78 is 0. The molecule has 0 radical (unpaired) electrons. The fraction of sp³-hybridized carbons (Fsp3) is 0.833. The Kier molecular flexibility index (Phi) is 11.6. The van der Waals surface area contributed by atoms with Crippen molar-refractivity contribution in [3.05, 3.63) is 0 Å². The molecule has 0 N–H and O–H groups in total. The molecule has 0 aromatic rings. The number of nitriles is 2. The lowest BCUT2D eigenvalue weighted by Crippen LogP contribution is -2.22. The van der Waals surface area contributed by atoms with Crippen LogP contribution in [0.5, 0.6) is 0 Å². The summed E-state index contributed by atoms with van der Waals surface area (Å²) in [5, 5.41) is 17.8. The van der Waals surface area contributed by atoms with Crippen molar-refractivity contribution >= 4 is 6.21 Å². The van der Waals surface area contributed by atoms with Crippen molar-refractivity contribution in [2.75, 3.05) is 6.54 Å². The molecule has 0 saturated heterocycles. The Morgan fingerprint density at radius 1 is 1.14 bits per heavy atom. The Morgan fingerprint density at radius 2 is 1.90 bits per heavy atom. The molecule has 2 unspecified atom stereocenters. The van der Waals surface area contributed by atoms with Gasteiger partial charge in [0.1, 0.15) is 0 Å². The molecule has 3 heteroatoms. The average molecular weight is 289 g/mol. The summed E-state index contributed by atoms with van der Waals surface area (Å²) in [6.45, 7) is 7.26. The highest BCUT2D eigenvalue weighted by Gasteiger charge is 2.24. The highest BCUT2D eigenvalue weighted by atomic mass is 14.7. The standard InChI is InChI=1S/C18H31N3/c1-4-7-11-18(6-3,12-9-13-19)16-21-14-8-10-17(5-2)15-20/h16-17H,4-12,14H2,1-3H3. The summed E-state index contributed by atoms with van der Waals surface area (Å²) in [5.41, 5.74) is 0.102. The molecule has 0 fully saturated rings. The molecule has 0 saturated carbocycles. The maximum Gasteiger partial charge on any atom is 0.0655 e. The van der Waals surface area contributed by atoms with Gasteiger partial charge >= 0.3 is 0 Å². The maximum atomic E-state index is 8.93. The van der Waals surface area contributed by atoms with E-state index >= 15 is 0 Å². The highest BCUT2D eigenvalue weighted by molar-refractivity contribution is 5.65. The zero-order chi connectivity index (χ0) is 16.0. The molecule has 21 heavy (non-hydrogen) atoms. The lowest BCUT2D eigenvalue weighted by Gasteiger charge is -2.27. The molecule has 0 amide bonds. The van der Waals surface area contributed by atoms with Crippen molar-refractivity contribution in [2.24, 2.45) is 16.3 Å². The Balaban J connectivity index is 4.40. The SMILES string of the molecule is CCCCC(C=NCCCC(C#N)CC)(CC)CCC#N. The van der Waals surface area contributed by atoms with Crippen LogP contribution in [0.3, 0.4) is 0 Å². The van der Waals surface area contributed by atoms with Crippen LogP contribution in [-0.2, 0) is 0 Å². The Hall–Kier alpha value is -1.35. The van der Waals surface area contributed by atoms with Crippen molar-refractivity contribution in [3.8, 4) is 12.1 Å². The third kappa shape index (κ3) is 8.51. The molecule has 0 bridgehead atoms. The van der Waals surface area contributed by atoms with E-state index in [9.17, 15) is 0 Å². The highest BCUT2D eigenvalue weighted by Crippen LogP contribution is 2.32. The molecule has 0 aromatic heterocycles. The van der Waals surface area contributed by atoms with Crippen LogP contribution in [0, 0.1) is 34.0 Å². The van der Waals surface area contributed by atoms with Crippen LogP contribution in [0.2, 0.25) is 0 Å². The molecule has 0 rings (SSSR count). The minimum absolute atomic E-state index is 0.102. The van der Waals surface area contributed by atoms with Gasteiger partial charge in [-0.1, -0.05) is 33.6 Å². The van der Waals surface area contributed by atoms with Crippen LogP contribution in [0.25, 0.3) is 0 Å². The normalized spacial score (nSPS) is 15.3. The monoisotopic (exact) mass is 289 g/mol. The average Bonchev–Trinajstić information content (AvgIpc) is 2.53. The van der Waals surface area contributed by atoms with E-state index in [4.69, 9.17) is 10.5 Å². The first-order valence-corrected chi connectivity index (χ1v) is 8.45. The first-order chi connectivity index (χ1) is 10.2. The first kappa shape index (κ1) is 19.7. The number of nitrogens with zero attached hydrogens (tertiary/aromatic N) is 3. The molecule has 0 heterocycles. The van der Waals surface area contributed by atoms with Crippen LogP contribution in [0.1, 0.15) is 78.6 Å². The van der Waals surface area contributed by atoms with Crippen LogP contribution >= 0.6 is 0 Å². The largest absolute Gasteiger partial charge is 0.297 e. The molecule has 0 aromatic carbocycles. The van der Waals surface area contributed by atoms with Crippen LogP contribution in [-0.4, -0.2) is 12.8 Å². The van der Waals surface area contributed by atoms with E-state index in [1.54, 1.807) is 0 Å². The molecule has 118 valence electrons. The Morgan fingerprint density at radius 3 is 2.43 bits per heavy atom. The van der Waals surface area contributed by atoms with Crippen LogP contribution < -0.4 is 0 Å². The number of hydrogen-bond acceptors (Lipinski definition) is 3. The van der Waals surface area contributed by atoms with Gasteiger partial charge in [-0.2, -0.15) is 10.5 Å². The van der Waals surface area contributed by atoms with E-state index in [2.05, 4.69) is 44.1 Å². The third-order valence-electron chi connectivity index (χ3n) is 4.35. The van der Waals surface area contributed by atoms with E-state index in [0.29, 0.717) is 6.42 Å². The molecular weight excluding hydrogens is 258 g/mol. The summed E-state index contributed by atoms with van der Waals surface area (Å²) in [7, 11) is 0. The van der Waals surface area contributed by atoms with E-state index in [0.717, 1.165) is 45.1 Å². The fourth-order valence-corrected chi connectivity index (χ4v) is 2.58. The van der Waals surface area contributed by atoms with Gasteiger partial charge in [0.05, 0.1) is 12.1 Å². The van der Waals surface area contributed by atoms with Gasteiger partial charge in [0, 0.05) is 30.5 Å². The third-order valence-corrected chi connectivity index (χ3v) is 4.35. The fourth-order valence-electron chi connectivity index (χ4n) is 2.58. The zero-order valence-corrected chi connectivity index (χ0v) is 14.1. The van der Waals surface area contributed by atoms with E-state index < -0.39 is 0 Å². The maximum absolute atomic E-state index is 8.93. The molecule has 3 nitrogen and oxygen atoms in total. The molecule has 0 aliphatic carbocycles.